The highest BCUT2D eigenvalue weighted by Crippen LogP contribution is 1.97. The second-order valence-electron chi connectivity index (χ2n) is 3.56. The van der Waals surface area contributed by atoms with Crippen LogP contribution in [0.3, 0.4) is 0 Å². The fourth-order valence-corrected chi connectivity index (χ4v) is 1.35. The molecule has 0 aliphatic rings. The summed E-state index contributed by atoms with van der Waals surface area (Å²) in [5.41, 5.74) is 0.480. The van der Waals surface area contributed by atoms with Gasteiger partial charge < -0.3 is 14.8 Å². The van der Waals surface area contributed by atoms with E-state index >= 15 is 0 Å². The molecule has 0 aromatic carbocycles. The number of carbonyl (C=O) groups is 1. The number of aromatic amines is 1. The first kappa shape index (κ1) is 11.1. The van der Waals surface area contributed by atoms with Crippen molar-refractivity contribution in [2.75, 3.05) is 0 Å². The lowest BCUT2D eigenvalue weighted by Gasteiger charge is -2.02. The molecule has 2 N–H and O–H groups in total. The van der Waals surface area contributed by atoms with Gasteiger partial charge in [-0.2, -0.15) is 0 Å². The average Bonchev–Trinajstić information content (AvgIpc) is 2.78. The van der Waals surface area contributed by atoms with Crippen LogP contribution in [0.15, 0.2) is 33.8 Å². The van der Waals surface area contributed by atoms with E-state index in [2.05, 4.69) is 15.5 Å². The highest BCUT2D eigenvalue weighted by atomic mass is 16.5. The smallest absolute Gasteiger partial charge is 0.257 e. The van der Waals surface area contributed by atoms with E-state index in [0.717, 1.165) is 0 Å². The van der Waals surface area contributed by atoms with Crippen LogP contribution in [0.5, 0.6) is 0 Å². The number of carbonyl (C=O) groups excluding carboxylic acids is 1. The van der Waals surface area contributed by atoms with Crippen molar-refractivity contribution in [3.8, 4) is 0 Å². The number of hydrogen-bond donors (Lipinski definition) is 2. The van der Waals surface area contributed by atoms with Crippen molar-refractivity contribution in [1.82, 2.24) is 15.5 Å². The van der Waals surface area contributed by atoms with Gasteiger partial charge in [-0.05, 0) is 6.92 Å². The van der Waals surface area contributed by atoms with E-state index in [1.165, 1.54) is 18.5 Å². The van der Waals surface area contributed by atoms with Crippen molar-refractivity contribution in [1.29, 1.82) is 0 Å². The molecule has 88 valence electrons. The molecular weight excluding hydrogens is 222 g/mol. The fourth-order valence-electron chi connectivity index (χ4n) is 1.35. The van der Waals surface area contributed by atoms with E-state index < -0.39 is 5.91 Å². The number of nitrogens with one attached hydrogen (secondary N) is 2. The monoisotopic (exact) mass is 233 g/mol. The van der Waals surface area contributed by atoms with E-state index in [1.807, 2.05) is 0 Å². The number of aromatic nitrogens is 2. The van der Waals surface area contributed by atoms with Crippen LogP contribution >= 0.6 is 0 Å². The molecule has 2 rings (SSSR count). The van der Waals surface area contributed by atoms with Gasteiger partial charge in [0.25, 0.3) is 5.91 Å². The van der Waals surface area contributed by atoms with Gasteiger partial charge in [0.2, 0.25) is 0 Å². The maximum Gasteiger partial charge on any atom is 0.257 e. The number of aryl methyl sites for hydroxylation is 1. The third-order valence-corrected chi connectivity index (χ3v) is 2.22. The van der Waals surface area contributed by atoms with Gasteiger partial charge in [-0.15, -0.1) is 0 Å². The predicted octanol–water partition coefficient (Wildman–Crippen LogP) is 0.601. The molecule has 0 saturated heterocycles. The first-order chi connectivity index (χ1) is 8.16. The van der Waals surface area contributed by atoms with Crippen LogP contribution in [0, 0.1) is 6.92 Å². The van der Waals surface area contributed by atoms with Gasteiger partial charge in [0.1, 0.15) is 5.56 Å². The number of hydrogen-bond acceptors (Lipinski definition) is 4. The summed E-state index contributed by atoms with van der Waals surface area (Å²) < 4.78 is 4.82. The average molecular weight is 233 g/mol. The summed E-state index contributed by atoms with van der Waals surface area (Å²) in [5, 5.41) is 6.08. The lowest BCUT2D eigenvalue weighted by Crippen LogP contribution is -2.28. The molecule has 17 heavy (non-hydrogen) atoms. The Hall–Kier alpha value is -2.37. The number of rotatable bonds is 3. The van der Waals surface area contributed by atoms with Crippen LogP contribution in [-0.4, -0.2) is 16.0 Å². The largest absolute Gasteiger partial charge is 0.364 e. The Balaban J connectivity index is 2.07. The minimum absolute atomic E-state index is 0.0788. The zero-order valence-electron chi connectivity index (χ0n) is 9.19. The fraction of sp³-hybridized carbons (Fsp3) is 0.182. The summed E-state index contributed by atoms with van der Waals surface area (Å²) in [7, 11) is 0. The van der Waals surface area contributed by atoms with Gasteiger partial charge in [0.05, 0.1) is 12.7 Å². The molecule has 0 bridgehead atoms. The van der Waals surface area contributed by atoms with Crippen LogP contribution in [-0.2, 0) is 6.54 Å². The molecule has 2 aromatic rings. The Morgan fingerprint density at radius 2 is 2.41 bits per heavy atom. The summed E-state index contributed by atoms with van der Waals surface area (Å²) in [6.45, 7) is 1.95. The quantitative estimate of drug-likeness (QED) is 0.812. The van der Waals surface area contributed by atoms with Crippen LogP contribution < -0.4 is 10.7 Å². The van der Waals surface area contributed by atoms with Crippen LogP contribution in [0.4, 0.5) is 0 Å². The van der Waals surface area contributed by atoms with Gasteiger partial charge in [0, 0.05) is 24.0 Å². The molecule has 0 spiro atoms. The summed E-state index contributed by atoms with van der Waals surface area (Å²) >= 11 is 0. The molecule has 0 unspecified atom stereocenters. The summed E-state index contributed by atoms with van der Waals surface area (Å²) in [4.78, 5) is 26.0. The molecule has 1 amide bonds. The van der Waals surface area contributed by atoms with Gasteiger partial charge >= 0.3 is 0 Å². The first-order valence-electron chi connectivity index (χ1n) is 5.04. The minimum atomic E-state index is -0.442. The van der Waals surface area contributed by atoms with Crippen LogP contribution in [0.25, 0.3) is 0 Å². The number of nitrogens with zero attached hydrogens (tertiary/aromatic N) is 1. The highest BCUT2D eigenvalue weighted by molar-refractivity contribution is 5.93. The molecule has 0 atom stereocenters. The Labute approximate surface area is 96.6 Å². The van der Waals surface area contributed by atoms with E-state index in [1.54, 1.807) is 13.0 Å². The topological polar surface area (TPSA) is 88.0 Å². The third-order valence-electron chi connectivity index (χ3n) is 2.22. The molecule has 0 aliphatic heterocycles. The zero-order valence-corrected chi connectivity index (χ0v) is 9.19. The van der Waals surface area contributed by atoms with E-state index in [-0.39, 0.29) is 17.5 Å². The Kier molecular flexibility index (Phi) is 3.04. The second-order valence-corrected chi connectivity index (χ2v) is 3.56. The SMILES string of the molecule is Cc1cc(=O)c(C(=O)NCc2ccno2)c[nH]1. The van der Waals surface area contributed by atoms with Crippen LogP contribution in [0.2, 0.25) is 0 Å². The number of H-pyrrole nitrogens is 1. The van der Waals surface area contributed by atoms with Crippen molar-refractivity contribution in [3.05, 3.63) is 51.8 Å². The lowest BCUT2D eigenvalue weighted by molar-refractivity contribution is 0.0945. The Morgan fingerprint density at radius 3 is 3.06 bits per heavy atom. The van der Waals surface area contributed by atoms with Gasteiger partial charge in [-0.1, -0.05) is 5.16 Å². The molecule has 2 heterocycles. The van der Waals surface area contributed by atoms with Crippen molar-refractivity contribution in [3.63, 3.8) is 0 Å². The summed E-state index contributed by atoms with van der Waals surface area (Å²) in [6.07, 6.45) is 2.88. The van der Waals surface area contributed by atoms with Crippen molar-refractivity contribution >= 4 is 5.91 Å². The highest BCUT2D eigenvalue weighted by Gasteiger charge is 2.10. The number of pyridine rings is 1. The zero-order chi connectivity index (χ0) is 12.3. The summed E-state index contributed by atoms with van der Waals surface area (Å²) in [6, 6.07) is 3.02. The second kappa shape index (κ2) is 4.65. The van der Waals surface area contributed by atoms with Crippen molar-refractivity contribution in [2.24, 2.45) is 0 Å². The molecule has 0 aliphatic carbocycles. The van der Waals surface area contributed by atoms with E-state index in [0.29, 0.717) is 11.5 Å². The number of amides is 1. The molecule has 6 heteroatoms. The van der Waals surface area contributed by atoms with Crippen LogP contribution in [0.1, 0.15) is 21.8 Å². The summed E-state index contributed by atoms with van der Waals surface area (Å²) in [5.74, 6) is 0.0875. The van der Waals surface area contributed by atoms with Gasteiger partial charge in [-0.25, -0.2) is 0 Å². The molecular formula is C11H11N3O3. The van der Waals surface area contributed by atoms with Crippen molar-refractivity contribution in [2.45, 2.75) is 13.5 Å². The molecule has 0 saturated carbocycles. The molecule has 2 aromatic heterocycles. The normalized spacial score (nSPS) is 10.2. The molecule has 0 fully saturated rings. The van der Waals surface area contributed by atoms with E-state index in [9.17, 15) is 9.59 Å². The minimum Gasteiger partial charge on any atom is -0.364 e. The van der Waals surface area contributed by atoms with E-state index in [4.69, 9.17) is 4.52 Å². The maximum absolute atomic E-state index is 11.7. The van der Waals surface area contributed by atoms with Crippen molar-refractivity contribution < 1.29 is 9.32 Å². The van der Waals surface area contributed by atoms with Gasteiger partial charge in [0.15, 0.2) is 11.2 Å². The lowest BCUT2D eigenvalue weighted by atomic mass is 10.2. The standard InChI is InChI=1S/C11H11N3O3/c1-7-4-10(15)9(6-12-7)11(16)13-5-8-2-3-14-17-8/h2-4,6H,5H2,1H3,(H,12,15)(H,13,16). The van der Waals surface area contributed by atoms with Gasteiger partial charge in [-0.3, -0.25) is 9.59 Å². The maximum atomic E-state index is 11.7. The molecule has 0 radical (unpaired) electrons. The third kappa shape index (κ3) is 2.60. The Morgan fingerprint density at radius 1 is 1.59 bits per heavy atom. The predicted molar refractivity (Wildman–Crippen MR) is 59.5 cm³/mol. The Bertz CT molecular complexity index is 572. The first-order valence-corrected chi connectivity index (χ1v) is 5.04. The molecule has 6 nitrogen and oxygen atoms in total.